The lowest BCUT2D eigenvalue weighted by atomic mass is 10.1. The zero-order valence-electron chi connectivity index (χ0n) is 16.9. The fraction of sp³-hybridized carbons (Fsp3) is 0.120. The summed E-state index contributed by atoms with van der Waals surface area (Å²) in [5.74, 6) is 0.323. The Morgan fingerprint density at radius 2 is 1.90 bits per heavy atom. The molecule has 0 aliphatic carbocycles. The molecule has 5 heteroatoms. The van der Waals surface area contributed by atoms with Crippen molar-refractivity contribution in [2.75, 3.05) is 13.7 Å². The van der Waals surface area contributed by atoms with E-state index in [0.717, 1.165) is 5.56 Å². The molecule has 0 N–H and O–H groups in total. The Hall–Kier alpha value is -3.86. The minimum atomic E-state index is -0.746. The third-order valence-corrected chi connectivity index (χ3v) is 3.98. The van der Waals surface area contributed by atoms with Gasteiger partial charge in [-0.2, -0.15) is 0 Å². The van der Waals surface area contributed by atoms with Crippen LogP contribution in [-0.2, 0) is 20.9 Å². The van der Waals surface area contributed by atoms with Crippen LogP contribution in [0.25, 0.3) is 6.08 Å². The zero-order valence-corrected chi connectivity index (χ0v) is 16.9. The molecule has 2 rings (SSSR count). The number of aldehydes is 1. The zero-order chi connectivity index (χ0) is 21.8. The number of esters is 1. The summed E-state index contributed by atoms with van der Waals surface area (Å²) >= 11 is 0. The van der Waals surface area contributed by atoms with Crippen LogP contribution in [0.5, 0.6) is 11.5 Å². The highest BCUT2D eigenvalue weighted by Crippen LogP contribution is 2.27. The van der Waals surface area contributed by atoms with Gasteiger partial charge in [-0.15, -0.1) is 0 Å². The van der Waals surface area contributed by atoms with Crippen molar-refractivity contribution in [2.45, 2.75) is 6.61 Å². The number of methoxy groups -OCH3 is 1. The molecule has 0 heterocycles. The van der Waals surface area contributed by atoms with Crippen molar-refractivity contribution in [3.63, 3.8) is 0 Å². The molecule has 2 aromatic carbocycles. The molecule has 0 aliphatic heterocycles. The van der Waals surface area contributed by atoms with E-state index in [1.54, 1.807) is 36.4 Å². The molecule has 0 amide bonds. The van der Waals surface area contributed by atoms with Gasteiger partial charge in [-0.25, -0.2) is 4.79 Å². The minimum absolute atomic E-state index is 0.0300. The van der Waals surface area contributed by atoms with Crippen LogP contribution >= 0.6 is 0 Å². The van der Waals surface area contributed by atoms with Crippen LogP contribution in [0.15, 0.2) is 91.1 Å². The van der Waals surface area contributed by atoms with Crippen LogP contribution in [0.4, 0.5) is 0 Å². The molecular formula is C25H24O5. The second-order valence-corrected chi connectivity index (χ2v) is 6.22. The molecule has 154 valence electrons. The lowest BCUT2D eigenvalue weighted by Gasteiger charge is -2.11. The van der Waals surface area contributed by atoms with Crippen LogP contribution < -0.4 is 9.47 Å². The van der Waals surface area contributed by atoms with E-state index in [1.807, 2.05) is 30.3 Å². The fourth-order valence-electron chi connectivity index (χ4n) is 2.44. The Labute approximate surface area is 176 Å². The van der Waals surface area contributed by atoms with Crippen molar-refractivity contribution in [3.05, 3.63) is 102 Å². The molecule has 0 saturated carbocycles. The molecule has 0 aliphatic rings. The molecule has 0 atom stereocenters. The first-order valence-corrected chi connectivity index (χ1v) is 9.23. The lowest BCUT2D eigenvalue weighted by molar-refractivity contribution is -0.138. The maximum atomic E-state index is 12.2. The first-order valence-electron chi connectivity index (χ1n) is 9.23. The van der Waals surface area contributed by atoms with Gasteiger partial charge in [0.05, 0.1) is 7.11 Å². The molecule has 0 aromatic heterocycles. The molecule has 2 aromatic rings. The van der Waals surface area contributed by atoms with E-state index < -0.39 is 5.97 Å². The summed E-state index contributed by atoms with van der Waals surface area (Å²) in [5, 5.41) is 0. The largest absolute Gasteiger partial charge is 0.496 e. The maximum absolute atomic E-state index is 12.2. The molecule has 0 radical (unpaired) electrons. The van der Waals surface area contributed by atoms with Crippen molar-refractivity contribution >= 4 is 18.3 Å². The van der Waals surface area contributed by atoms with E-state index in [0.29, 0.717) is 35.5 Å². The van der Waals surface area contributed by atoms with Crippen molar-refractivity contribution in [1.29, 1.82) is 0 Å². The fourth-order valence-corrected chi connectivity index (χ4v) is 2.44. The van der Waals surface area contributed by atoms with E-state index >= 15 is 0 Å². The Bertz CT molecular complexity index is 955. The van der Waals surface area contributed by atoms with Gasteiger partial charge in [-0.05, 0) is 29.3 Å². The predicted octanol–water partition coefficient (Wildman–Crippen LogP) is 4.70. The molecule has 30 heavy (non-hydrogen) atoms. The summed E-state index contributed by atoms with van der Waals surface area (Å²) < 4.78 is 16.3. The summed E-state index contributed by atoms with van der Waals surface area (Å²) in [6.07, 6.45) is 6.80. The van der Waals surface area contributed by atoms with E-state index in [2.05, 4.69) is 13.2 Å². The molecular weight excluding hydrogens is 380 g/mol. The van der Waals surface area contributed by atoms with Crippen molar-refractivity contribution in [3.8, 4) is 11.5 Å². The normalized spacial score (nSPS) is 11.0. The summed E-state index contributed by atoms with van der Waals surface area (Å²) in [6, 6.07) is 14.9. The highest BCUT2D eigenvalue weighted by molar-refractivity contribution is 6.12. The second-order valence-electron chi connectivity index (χ2n) is 6.22. The highest BCUT2D eigenvalue weighted by Gasteiger charge is 2.13. The summed E-state index contributed by atoms with van der Waals surface area (Å²) in [4.78, 5) is 23.6. The Kier molecular flexibility index (Phi) is 8.87. The van der Waals surface area contributed by atoms with Gasteiger partial charge in [-0.3, -0.25) is 4.79 Å². The highest BCUT2D eigenvalue weighted by atomic mass is 16.5. The third-order valence-electron chi connectivity index (χ3n) is 3.98. The first kappa shape index (κ1) is 22.4. The van der Waals surface area contributed by atoms with Gasteiger partial charge in [0, 0.05) is 11.6 Å². The Balaban J connectivity index is 2.09. The van der Waals surface area contributed by atoms with Gasteiger partial charge < -0.3 is 14.2 Å². The number of carbonyl (C=O) groups excluding carboxylic acids is 2. The lowest BCUT2D eigenvalue weighted by Crippen LogP contribution is -2.10. The Morgan fingerprint density at radius 1 is 1.13 bits per heavy atom. The van der Waals surface area contributed by atoms with Gasteiger partial charge in [0.1, 0.15) is 30.3 Å². The monoisotopic (exact) mass is 404 g/mol. The number of allylic oxidation sites excluding steroid dienone is 2. The Morgan fingerprint density at radius 3 is 2.57 bits per heavy atom. The van der Waals surface area contributed by atoms with Gasteiger partial charge in [0.25, 0.3) is 0 Å². The summed E-state index contributed by atoms with van der Waals surface area (Å²) in [6.45, 7) is 7.69. The number of ether oxygens (including phenoxy) is 3. The predicted molar refractivity (Wildman–Crippen MR) is 117 cm³/mol. The molecule has 0 bridgehead atoms. The second kappa shape index (κ2) is 11.9. The third kappa shape index (κ3) is 6.95. The first-order chi connectivity index (χ1) is 14.6. The van der Waals surface area contributed by atoms with Crippen LogP contribution in [0.3, 0.4) is 0 Å². The SMILES string of the molecule is C=C/C=C\C(=C)COC(=O)/C(C=O)=C/c1ccc(OCc2ccccc2)cc1OC. The number of hydrogen-bond donors (Lipinski definition) is 0. The molecule has 0 fully saturated rings. The van der Waals surface area contributed by atoms with Crippen LogP contribution in [-0.4, -0.2) is 26.0 Å². The number of benzene rings is 2. The van der Waals surface area contributed by atoms with Gasteiger partial charge in [-0.1, -0.05) is 61.7 Å². The van der Waals surface area contributed by atoms with Crippen LogP contribution in [0.2, 0.25) is 0 Å². The van der Waals surface area contributed by atoms with Crippen LogP contribution in [0, 0.1) is 0 Å². The van der Waals surface area contributed by atoms with Crippen molar-refractivity contribution in [1.82, 2.24) is 0 Å². The minimum Gasteiger partial charge on any atom is -0.496 e. The molecule has 0 unspecified atom stereocenters. The van der Waals surface area contributed by atoms with E-state index in [1.165, 1.54) is 13.2 Å². The average molecular weight is 404 g/mol. The van der Waals surface area contributed by atoms with E-state index in [-0.39, 0.29) is 12.2 Å². The number of rotatable bonds is 11. The van der Waals surface area contributed by atoms with Crippen molar-refractivity contribution < 1.29 is 23.8 Å². The van der Waals surface area contributed by atoms with Crippen LogP contribution in [0.1, 0.15) is 11.1 Å². The van der Waals surface area contributed by atoms with Gasteiger partial charge >= 0.3 is 5.97 Å². The van der Waals surface area contributed by atoms with Crippen molar-refractivity contribution in [2.24, 2.45) is 0 Å². The maximum Gasteiger partial charge on any atom is 0.341 e. The molecule has 0 saturated heterocycles. The topological polar surface area (TPSA) is 61.8 Å². The van der Waals surface area contributed by atoms with Gasteiger partial charge in [0.2, 0.25) is 0 Å². The number of carbonyl (C=O) groups is 2. The average Bonchev–Trinajstić information content (AvgIpc) is 2.79. The molecule has 0 spiro atoms. The summed E-state index contributed by atoms with van der Waals surface area (Å²) in [5.41, 5.74) is 2.03. The molecule has 5 nitrogen and oxygen atoms in total. The number of hydrogen-bond acceptors (Lipinski definition) is 5. The standard InChI is InChI=1S/C25H24O5/c1-4-5-9-19(2)17-30-25(27)22(16-26)14-21-12-13-23(15-24(21)28-3)29-18-20-10-7-6-8-11-20/h4-16H,1-2,17-18H2,3H3/b9-5-,22-14+. The smallest absolute Gasteiger partial charge is 0.341 e. The van der Waals surface area contributed by atoms with E-state index in [4.69, 9.17) is 14.2 Å². The van der Waals surface area contributed by atoms with E-state index in [9.17, 15) is 9.59 Å². The quantitative estimate of drug-likeness (QED) is 0.136. The summed E-state index contributed by atoms with van der Waals surface area (Å²) in [7, 11) is 1.50. The van der Waals surface area contributed by atoms with Gasteiger partial charge in [0.15, 0.2) is 6.29 Å².